The smallest absolute Gasteiger partial charge is 0.255 e. The number of hydrogen-bond acceptors (Lipinski definition) is 4. The lowest BCUT2D eigenvalue weighted by Gasteiger charge is -2.21. The number of hydrogen-bond donors (Lipinski definition) is 2. The molecule has 2 aliphatic rings. The van der Waals surface area contributed by atoms with Gasteiger partial charge in [-0.25, -0.2) is 0 Å². The van der Waals surface area contributed by atoms with E-state index in [0.717, 1.165) is 17.9 Å². The molecule has 6 heteroatoms. The summed E-state index contributed by atoms with van der Waals surface area (Å²) in [5.41, 5.74) is 6.00. The normalized spacial score (nSPS) is 24.6. The molecule has 2 saturated carbocycles. The van der Waals surface area contributed by atoms with E-state index in [-0.39, 0.29) is 18.4 Å². The molecule has 2 bridgehead atoms. The van der Waals surface area contributed by atoms with Gasteiger partial charge in [-0.3, -0.25) is 9.59 Å². The van der Waals surface area contributed by atoms with Crippen molar-refractivity contribution in [1.29, 1.82) is 0 Å². The van der Waals surface area contributed by atoms with Crippen molar-refractivity contribution in [3.63, 3.8) is 0 Å². The van der Waals surface area contributed by atoms with Gasteiger partial charge >= 0.3 is 0 Å². The number of carbonyl (C=O) groups excluding carboxylic acids is 2. The second-order valence-corrected chi connectivity index (χ2v) is 6.74. The monoisotopic (exact) mass is 332 g/mol. The molecule has 0 radical (unpaired) electrons. The third kappa shape index (κ3) is 3.63. The predicted octanol–water partition coefficient (Wildman–Crippen LogP) is 1.61. The molecular weight excluding hydrogens is 308 g/mol. The molecule has 0 aliphatic heterocycles. The highest BCUT2D eigenvalue weighted by Crippen LogP contribution is 2.48. The SMILES string of the molecule is COc1cc(CNC(=O)C2CC3CCC2C3)ccc1OCC(N)=O. The minimum atomic E-state index is -0.542. The maximum Gasteiger partial charge on any atom is 0.255 e. The third-order valence-electron chi connectivity index (χ3n) is 5.14. The van der Waals surface area contributed by atoms with Gasteiger partial charge in [-0.2, -0.15) is 0 Å². The standard InChI is InChI=1S/C18H24N2O4/c1-23-16-8-12(3-5-15(16)24-10-17(19)21)9-20-18(22)14-7-11-2-4-13(14)6-11/h3,5,8,11,13-14H,2,4,6-7,9-10H2,1H3,(H2,19,21)(H,20,22). The quantitative estimate of drug-likeness (QED) is 0.794. The molecule has 130 valence electrons. The number of nitrogens with two attached hydrogens (primary N) is 1. The van der Waals surface area contributed by atoms with Gasteiger partial charge in [0.25, 0.3) is 5.91 Å². The fourth-order valence-corrected chi connectivity index (χ4v) is 3.98. The minimum absolute atomic E-state index is 0.162. The second-order valence-electron chi connectivity index (χ2n) is 6.74. The van der Waals surface area contributed by atoms with Crippen LogP contribution in [0.2, 0.25) is 0 Å². The predicted molar refractivity (Wildman–Crippen MR) is 88.5 cm³/mol. The Morgan fingerprint density at radius 3 is 2.71 bits per heavy atom. The molecule has 0 saturated heterocycles. The number of ether oxygens (including phenoxy) is 2. The molecule has 2 aliphatic carbocycles. The number of carbonyl (C=O) groups is 2. The summed E-state index contributed by atoms with van der Waals surface area (Å²) in [6.07, 6.45) is 4.75. The van der Waals surface area contributed by atoms with Gasteiger partial charge in [0, 0.05) is 12.5 Å². The first-order valence-corrected chi connectivity index (χ1v) is 8.42. The van der Waals surface area contributed by atoms with Crippen LogP contribution in [0.25, 0.3) is 0 Å². The Kier molecular flexibility index (Phi) is 4.92. The summed E-state index contributed by atoms with van der Waals surface area (Å²) in [4.78, 5) is 23.2. The molecule has 3 unspecified atom stereocenters. The van der Waals surface area contributed by atoms with Crippen LogP contribution in [0.15, 0.2) is 18.2 Å². The van der Waals surface area contributed by atoms with E-state index in [4.69, 9.17) is 15.2 Å². The first-order chi connectivity index (χ1) is 11.6. The summed E-state index contributed by atoms with van der Waals surface area (Å²) in [7, 11) is 1.53. The van der Waals surface area contributed by atoms with Crippen LogP contribution in [-0.2, 0) is 16.1 Å². The van der Waals surface area contributed by atoms with Crippen molar-refractivity contribution in [2.24, 2.45) is 23.5 Å². The van der Waals surface area contributed by atoms with Crippen LogP contribution in [-0.4, -0.2) is 25.5 Å². The van der Waals surface area contributed by atoms with Crippen LogP contribution >= 0.6 is 0 Å². The fourth-order valence-electron chi connectivity index (χ4n) is 3.98. The highest BCUT2D eigenvalue weighted by molar-refractivity contribution is 5.79. The summed E-state index contributed by atoms with van der Waals surface area (Å²) in [6, 6.07) is 5.37. The van der Waals surface area contributed by atoms with Gasteiger partial charge in [-0.05, 0) is 48.8 Å². The lowest BCUT2D eigenvalue weighted by Crippen LogP contribution is -2.33. The first-order valence-electron chi connectivity index (χ1n) is 8.42. The maximum absolute atomic E-state index is 12.4. The van der Waals surface area contributed by atoms with Crippen LogP contribution in [0.1, 0.15) is 31.2 Å². The Balaban J connectivity index is 1.57. The van der Waals surface area contributed by atoms with Crippen LogP contribution in [0.4, 0.5) is 0 Å². The van der Waals surface area contributed by atoms with Crippen molar-refractivity contribution in [3.8, 4) is 11.5 Å². The molecule has 0 aromatic heterocycles. The molecule has 0 heterocycles. The second kappa shape index (κ2) is 7.11. The van der Waals surface area contributed by atoms with Gasteiger partial charge in [0.05, 0.1) is 7.11 Å². The molecule has 24 heavy (non-hydrogen) atoms. The topological polar surface area (TPSA) is 90.7 Å². The average Bonchev–Trinajstić information content (AvgIpc) is 3.21. The molecule has 2 amide bonds. The summed E-state index contributed by atoms with van der Waals surface area (Å²) >= 11 is 0. The summed E-state index contributed by atoms with van der Waals surface area (Å²) < 4.78 is 10.6. The van der Waals surface area contributed by atoms with Gasteiger partial charge in [0.1, 0.15) is 0 Å². The number of rotatable bonds is 7. The van der Waals surface area contributed by atoms with Crippen molar-refractivity contribution < 1.29 is 19.1 Å². The zero-order valence-corrected chi connectivity index (χ0v) is 13.9. The number of primary amides is 1. The molecule has 0 spiro atoms. The average molecular weight is 332 g/mol. The summed E-state index contributed by atoms with van der Waals surface area (Å²) in [5, 5.41) is 3.04. The van der Waals surface area contributed by atoms with Crippen molar-refractivity contribution in [2.45, 2.75) is 32.2 Å². The van der Waals surface area contributed by atoms with E-state index in [1.165, 1.54) is 26.4 Å². The molecule has 1 aromatic carbocycles. The highest BCUT2D eigenvalue weighted by Gasteiger charge is 2.42. The molecule has 2 fully saturated rings. The van der Waals surface area contributed by atoms with Crippen LogP contribution in [0.5, 0.6) is 11.5 Å². The van der Waals surface area contributed by atoms with E-state index >= 15 is 0 Å². The molecule has 3 atom stereocenters. The van der Waals surface area contributed by atoms with Crippen molar-refractivity contribution in [3.05, 3.63) is 23.8 Å². The number of fused-ring (bicyclic) bond motifs is 2. The maximum atomic E-state index is 12.4. The molecular formula is C18H24N2O4. The van der Waals surface area contributed by atoms with E-state index in [1.807, 2.05) is 6.07 Å². The summed E-state index contributed by atoms with van der Waals surface area (Å²) in [6.45, 7) is 0.260. The van der Waals surface area contributed by atoms with Crippen LogP contribution in [0, 0.1) is 17.8 Å². The summed E-state index contributed by atoms with van der Waals surface area (Å²) in [5.74, 6) is 2.11. The molecule has 3 N–H and O–H groups in total. The Morgan fingerprint density at radius 1 is 1.25 bits per heavy atom. The zero-order chi connectivity index (χ0) is 17.1. The number of benzene rings is 1. The Bertz CT molecular complexity index is 631. The Labute approximate surface area is 141 Å². The number of amides is 2. The van der Waals surface area contributed by atoms with Crippen molar-refractivity contribution >= 4 is 11.8 Å². The highest BCUT2D eigenvalue weighted by atomic mass is 16.5. The van der Waals surface area contributed by atoms with Gasteiger partial charge in [-0.15, -0.1) is 0 Å². The van der Waals surface area contributed by atoms with Crippen molar-refractivity contribution in [2.75, 3.05) is 13.7 Å². The van der Waals surface area contributed by atoms with Crippen LogP contribution < -0.4 is 20.5 Å². The molecule has 1 aromatic rings. The first kappa shape index (κ1) is 16.6. The van der Waals surface area contributed by atoms with Gasteiger partial charge < -0.3 is 20.5 Å². The van der Waals surface area contributed by atoms with Crippen molar-refractivity contribution in [1.82, 2.24) is 5.32 Å². The van der Waals surface area contributed by atoms with E-state index in [1.54, 1.807) is 12.1 Å². The largest absolute Gasteiger partial charge is 0.493 e. The zero-order valence-electron chi connectivity index (χ0n) is 13.9. The third-order valence-corrected chi connectivity index (χ3v) is 5.14. The fraction of sp³-hybridized carbons (Fsp3) is 0.556. The number of methoxy groups -OCH3 is 1. The molecule has 6 nitrogen and oxygen atoms in total. The lowest BCUT2D eigenvalue weighted by atomic mass is 9.88. The van der Waals surface area contributed by atoms with Gasteiger partial charge in [0.2, 0.25) is 5.91 Å². The van der Waals surface area contributed by atoms with Gasteiger partial charge in [0.15, 0.2) is 18.1 Å². The van der Waals surface area contributed by atoms with Gasteiger partial charge in [-0.1, -0.05) is 12.5 Å². The van der Waals surface area contributed by atoms with E-state index in [9.17, 15) is 9.59 Å². The number of nitrogens with one attached hydrogen (secondary N) is 1. The molecule has 3 rings (SSSR count). The lowest BCUT2D eigenvalue weighted by molar-refractivity contribution is -0.126. The van der Waals surface area contributed by atoms with Crippen LogP contribution in [0.3, 0.4) is 0 Å². The van der Waals surface area contributed by atoms with E-state index < -0.39 is 5.91 Å². The Morgan fingerprint density at radius 2 is 2.08 bits per heavy atom. The minimum Gasteiger partial charge on any atom is -0.493 e. The van der Waals surface area contributed by atoms with E-state index in [0.29, 0.717) is 24.0 Å². The Hall–Kier alpha value is -2.24. The van der Waals surface area contributed by atoms with E-state index in [2.05, 4.69) is 5.32 Å².